The maximum absolute atomic E-state index is 14.9. The summed E-state index contributed by atoms with van der Waals surface area (Å²) in [5.41, 5.74) is 7.72. The van der Waals surface area contributed by atoms with Crippen molar-refractivity contribution in [3.63, 3.8) is 0 Å². The summed E-state index contributed by atoms with van der Waals surface area (Å²) in [6.07, 6.45) is 5.92. The van der Waals surface area contributed by atoms with E-state index < -0.39 is 66.2 Å². The van der Waals surface area contributed by atoms with Crippen molar-refractivity contribution in [3.05, 3.63) is 82.3 Å². The Morgan fingerprint density at radius 2 is 1.46 bits per heavy atom. The van der Waals surface area contributed by atoms with E-state index in [0.717, 1.165) is 22.6 Å². The number of urea groups is 1. The van der Waals surface area contributed by atoms with E-state index in [-0.39, 0.29) is 115 Å². The highest BCUT2D eigenvalue weighted by atomic mass is 32.1. The lowest BCUT2D eigenvalue weighted by Crippen LogP contribution is -2.60. The van der Waals surface area contributed by atoms with Gasteiger partial charge in [-0.15, -0.1) is 11.3 Å². The maximum atomic E-state index is 14.9. The van der Waals surface area contributed by atoms with Crippen LogP contribution >= 0.6 is 11.3 Å². The molecular formula is C71H110N12O12S. The molecule has 25 heteroatoms. The first-order valence-corrected chi connectivity index (χ1v) is 35.2. The third kappa shape index (κ3) is 23.2. The molecule has 2 aromatic carbocycles. The normalized spacial score (nSPS) is 18.1. The first-order chi connectivity index (χ1) is 45.6. The average molecular weight is 1360 g/mol. The van der Waals surface area contributed by atoms with Crippen molar-refractivity contribution >= 4 is 76.2 Å². The van der Waals surface area contributed by atoms with E-state index in [1.165, 1.54) is 16.2 Å². The number of ether oxygens (including phenoxy) is 2. The summed E-state index contributed by atoms with van der Waals surface area (Å²) in [7, 11) is 6.71. The van der Waals surface area contributed by atoms with Crippen LogP contribution in [0.5, 0.6) is 0 Å². The highest BCUT2D eigenvalue weighted by Gasteiger charge is 2.44. The molecule has 0 spiro atoms. The molecule has 12 atom stereocenters. The van der Waals surface area contributed by atoms with Crippen molar-refractivity contribution in [1.29, 1.82) is 0 Å². The number of likely N-dealkylation sites (N-methyl/N-ethyl adjacent to an activating group) is 2. The van der Waals surface area contributed by atoms with Gasteiger partial charge >= 0.3 is 6.03 Å². The number of thiazole rings is 1. The molecule has 3 heterocycles. The zero-order valence-corrected chi connectivity index (χ0v) is 60.0. The predicted molar refractivity (Wildman–Crippen MR) is 371 cm³/mol. The van der Waals surface area contributed by atoms with Crippen LogP contribution in [0.25, 0.3) is 0 Å². The molecule has 532 valence electrons. The molecule has 24 nitrogen and oxygen atoms in total. The van der Waals surface area contributed by atoms with E-state index in [2.05, 4.69) is 36.9 Å². The van der Waals surface area contributed by atoms with Crippen molar-refractivity contribution in [2.45, 2.75) is 207 Å². The Bertz CT molecular complexity index is 3010. The van der Waals surface area contributed by atoms with Crippen LogP contribution in [0.3, 0.4) is 0 Å². The Balaban J connectivity index is 1.18. The minimum atomic E-state index is -1.05. The van der Waals surface area contributed by atoms with Crippen molar-refractivity contribution in [2.75, 3.05) is 59.8 Å². The van der Waals surface area contributed by atoms with Gasteiger partial charge < -0.3 is 56.9 Å². The number of nitrogens with two attached hydrogens (primary N) is 1. The predicted octanol–water partition coefficient (Wildman–Crippen LogP) is 6.77. The number of imide groups is 1. The Hall–Kier alpha value is -7.35. The summed E-state index contributed by atoms with van der Waals surface area (Å²) in [5.74, 6) is -4.61. The topological polar surface area (TPSA) is 313 Å². The number of likely N-dealkylation sites (tertiary alicyclic amines) is 2. The Kier molecular flexibility index (Phi) is 32.4. The number of amides is 11. The quantitative estimate of drug-likeness (QED) is 0.0228. The number of rotatable bonds is 40. The molecule has 0 aliphatic carbocycles. The molecule has 8 N–H and O–H groups in total. The van der Waals surface area contributed by atoms with Crippen LogP contribution in [-0.2, 0) is 65.5 Å². The highest BCUT2D eigenvalue weighted by molar-refractivity contribution is 7.09. The average Bonchev–Trinajstić information content (AvgIpc) is 1.38. The van der Waals surface area contributed by atoms with Crippen LogP contribution in [0.4, 0.5) is 10.5 Å². The summed E-state index contributed by atoms with van der Waals surface area (Å²) in [4.78, 5) is 146. The van der Waals surface area contributed by atoms with Crippen LogP contribution in [0, 0.1) is 35.5 Å². The number of methoxy groups -OCH3 is 2. The number of primary amides is 1. The van der Waals surface area contributed by atoms with Gasteiger partial charge in [-0.2, -0.15) is 0 Å². The summed E-state index contributed by atoms with van der Waals surface area (Å²) in [6, 6.07) is 11.6. The van der Waals surface area contributed by atoms with Crippen LogP contribution < -0.4 is 37.6 Å². The van der Waals surface area contributed by atoms with Crippen LogP contribution in [-0.4, -0.2) is 187 Å². The largest absolute Gasteiger partial charge is 0.379 e. The highest BCUT2D eigenvalue weighted by Crippen LogP contribution is 2.31. The number of nitrogens with one attached hydrogen (secondary N) is 6. The van der Waals surface area contributed by atoms with E-state index in [1.54, 1.807) is 65.3 Å². The number of aromatic nitrogens is 1. The first-order valence-electron chi connectivity index (χ1n) is 34.3. The molecule has 1 aromatic heterocycles. The molecule has 96 heavy (non-hydrogen) atoms. The number of carbonyl (C=O) groups is 10. The van der Waals surface area contributed by atoms with Crippen LogP contribution in [0.2, 0.25) is 0 Å². The molecule has 0 radical (unpaired) electrons. The number of benzene rings is 2. The van der Waals surface area contributed by atoms with Crippen LogP contribution in [0.15, 0.2) is 66.2 Å². The molecule has 5 rings (SSSR count). The SMILES string of the molecule is CC[C@H](C)[C@@H]([C@@H](CC(=O)N1CCC[C@H]1[C@H](OC)[C@@H](C)C(=O)N[C@@H](Cc1ccccc1)c1nccs1)OC)N(C)C(=O)[C@@H](NC(=O)[C@H](C(C)C)N(C)CCc1ccc(NC(=O)[C@H](CCCNC(N)=O)NC(=O)[C@@H](NC(=O)CCCCCN2C(=O)CC(C)C2=O)C(C)C)cc1)C(C)C. The molecule has 0 saturated carbocycles. The number of unbranched alkanes of at least 4 members (excludes halogenated alkanes) is 2. The monoisotopic (exact) mass is 1350 g/mol. The molecule has 2 aliphatic heterocycles. The summed E-state index contributed by atoms with van der Waals surface area (Å²) in [6.45, 7) is 20.3. The molecule has 2 aliphatic rings. The van der Waals surface area contributed by atoms with Gasteiger partial charge in [0.1, 0.15) is 23.1 Å². The molecule has 0 bridgehead atoms. The lowest BCUT2D eigenvalue weighted by Gasteiger charge is -2.41. The minimum Gasteiger partial charge on any atom is -0.379 e. The zero-order valence-electron chi connectivity index (χ0n) is 59.2. The Morgan fingerprint density at radius 1 is 0.771 bits per heavy atom. The Morgan fingerprint density at radius 3 is 2.04 bits per heavy atom. The molecule has 11 amide bonds. The number of carbonyl (C=O) groups excluding carboxylic acids is 10. The fraction of sp³-hybridized carbons (Fsp3) is 0.648. The Labute approximate surface area is 572 Å². The number of anilines is 1. The fourth-order valence-electron chi connectivity index (χ4n) is 13.1. The van der Waals surface area contributed by atoms with Gasteiger partial charge in [0.05, 0.1) is 48.7 Å². The second-order valence-electron chi connectivity index (χ2n) is 27.1. The van der Waals surface area contributed by atoms with E-state index in [1.807, 2.05) is 113 Å². The maximum Gasteiger partial charge on any atom is 0.312 e. The van der Waals surface area contributed by atoms with Gasteiger partial charge in [0.15, 0.2) is 0 Å². The van der Waals surface area contributed by atoms with Gasteiger partial charge in [0.25, 0.3) is 0 Å². The van der Waals surface area contributed by atoms with Gasteiger partial charge in [0, 0.05) is 83.5 Å². The molecule has 2 fully saturated rings. The third-order valence-corrected chi connectivity index (χ3v) is 19.7. The van der Waals surface area contributed by atoms with Gasteiger partial charge in [-0.3, -0.25) is 53.0 Å². The number of hydrogen-bond acceptors (Lipinski definition) is 15. The van der Waals surface area contributed by atoms with Crippen molar-refractivity contribution in [2.24, 2.45) is 41.2 Å². The van der Waals surface area contributed by atoms with Crippen molar-refractivity contribution in [3.8, 4) is 0 Å². The number of nitrogens with zero attached hydrogens (tertiary/aromatic N) is 5. The molecule has 2 saturated heterocycles. The lowest BCUT2D eigenvalue weighted by atomic mass is 9.89. The molecular weight excluding hydrogens is 1240 g/mol. The van der Waals surface area contributed by atoms with E-state index in [9.17, 15) is 47.9 Å². The van der Waals surface area contributed by atoms with Gasteiger partial charge in [-0.1, -0.05) is 125 Å². The third-order valence-electron chi connectivity index (χ3n) is 18.8. The summed E-state index contributed by atoms with van der Waals surface area (Å²) >= 11 is 1.48. The zero-order chi connectivity index (χ0) is 70.9. The standard InChI is InChI=1S/C71H110N12O12S/c1-15-46(8)62(55(94-13)42-58(86)82-37-23-27-54(82)63(95-14)48(10)64(87)77-53(68-73-35-39-96-68)41-50-24-18-16-19-25-50)81(12)70(92)60(44(4)5)79-67(90)61(45(6)7)80(11)38-33-49-29-31-51(32-30-49)75-65(88)52(26-22-34-74-71(72)93)76-66(89)59(43(2)3)78-56(84)28-20-17-21-36-83-57(85)40-47(9)69(83)91/h16,18-19,24-25,29-32,35,39,43-48,52-55,59-63H,15,17,20-23,26-28,33-34,36-38,40-42H2,1-14H3,(H,75,88)(H,76,89)(H,77,87)(H,78,84)(H,79,90)(H3,72,74,93)/t46-,47?,48+,52-,53-,54-,55+,59-,60-,61-,62-,63+/m0/s1. The fourth-order valence-corrected chi connectivity index (χ4v) is 13.8. The van der Waals surface area contributed by atoms with Gasteiger partial charge in [-0.25, -0.2) is 9.78 Å². The lowest BCUT2D eigenvalue weighted by molar-refractivity contribution is -0.148. The van der Waals surface area contributed by atoms with E-state index in [4.69, 9.17) is 15.2 Å². The van der Waals surface area contributed by atoms with Gasteiger partial charge in [0.2, 0.25) is 53.2 Å². The van der Waals surface area contributed by atoms with E-state index in [0.29, 0.717) is 76.7 Å². The second kappa shape index (κ2) is 39.2. The van der Waals surface area contributed by atoms with Crippen molar-refractivity contribution < 1.29 is 57.4 Å². The summed E-state index contributed by atoms with van der Waals surface area (Å²) < 4.78 is 12.3. The summed E-state index contributed by atoms with van der Waals surface area (Å²) in [5, 5.41) is 20.1. The van der Waals surface area contributed by atoms with Crippen LogP contribution in [0.1, 0.15) is 162 Å². The van der Waals surface area contributed by atoms with Crippen molar-refractivity contribution in [1.82, 2.24) is 51.2 Å². The van der Waals surface area contributed by atoms with Gasteiger partial charge in [-0.05, 0) is 105 Å². The smallest absolute Gasteiger partial charge is 0.312 e. The molecule has 1 unspecified atom stereocenters. The number of hydrogen-bond donors (Lipinski definition) is 7. The second-order valence-corrected chi connectivity index (χ2v) is 28.1. The minimum absolute atomic E-state index is 0.0288. The first kappa shape index (κ1) is 79.3. The molecule has 3 aromatic rings. The van der Waals surface area contributed by atoms with E-state index >= 15 is 0 Å².